The van der Waals surface area contributed by atoms with Crippen molar-refractivity contribution in [1.29, 1.82) is 0 Å². The maximum Gasteiger partial charge on any atom is 0.141 e. The van der Waals surface area contributed by atoms with Crippen molar-refractivity contribution in [2.75, 3.05) is 0 Å². The highest BCUT2D eigenvalue weighted by Crippen LogP contribution is 2.23. The molecule has 0 rings (SSSR count). The van der Waals surface area contributed by atoms with Crippen LogP contribution in [0.5, 0.6) is 0 Å². The number of allylic oxidation sites excluding steroid dienone is 3. The Balaban J connectivity index is 4.20. The van der Waals surface area contributed by atoms with Crippen molar-refractivity contribution in [3.63, 3.8) is 0 Å². The van der Waals surface area contributed by atoms with Gasteiger partial charge in [-0.1, -0.05) is 45.8 Å². The van der Waals surface area contributed by atoms with E-state index >= 15 is 0 Å². The smallest absolute Gasteiger partial charge is 0.116 e. The normalized spacial score (nSPS) is 14.5. The van der Waals surface area contributed by atoms with Crippen molar-refractivity contribution in [1.82, 2.24) is 0 Å². The first-order chi connectivity index (χ1) is 5.99. The van der Waals surface area contributed by atoms with Gasteiger partial charge in [-0.25, -0.2) is 0 Å². The molecule has 0 fully saturated rings. The van der Waals surface area contributed by atoms with E-state index in [1.165, 1.54) is 11.0 Å². The predicted molar refractivity (Wildman–Crippen MR) is 63.1 cm³/mol. The zero-order valence-corrected chi connectivity index (χ0v) is 9.72. The molecule has 0 aromatic heterocycles. The van der Waals surface area contributed by atoms with Crippen LogP contribution in [0.3, 0.4) is 0 Å². The molecular weight excluding hydrogens is 155 g/mol. The van der Waals surface area contributed by atoms with Gasteiger partial charge in [0.15, 0.2) is 0 Å². The van der Waals surface area contributed by atoms with E-state index in [2.05, 4.69) is 54.5 Å². The molecule has 1 radical (unpaired) electrons. The average molecular weight is 177 g/mol. The van der Waals surface area contributed by atoms with Crippen molar-refractivity contribution in [2.24, 2.45) is 11.8 Å². The summed E-state index contributed by atoms with van der Waals surface area (Å²) in [6.07, 6.45) is 3.43. The summed E-state index contributed by atoms with van der Waals surface area (Å²) < 4.78 is 0. The van der Waals surface area contributed by atoms with Crippen molar-refractivity contribution < 1.29 is 0 Å². The lowest BCUT2D eigenvalue weighted by atomic mass is 9.72. The van der Waals surface area contributed by atoms with Crippen molar-refractivity contribution in [3.8, 4) is 0 Å². The van der Waals surface area contributed by atoms with Gasteiger partial charge in [0, 0.05) is 0 Å². The molecule has 1 heteroatoms. The van der Waals surface area contributed by atoms with Crippen molar-refractivity contribution in [3.05, 3.63) is 23.7 Å². The molecule has 0 nitrogen and oxygen atoms in total. The summed E-state index contributed by atoms with van der Waals surface area (Å²) in [6.45, 7) is 14.9. The Bertz CT molecular complexity index is 189. The summed E-state index contributed by atoms with van der Waals surface area (Å²) >= 11 is 0. The van der Waals surface area contributed by atoms with Gasteiger partial charge in [0.1, 0.15) is 7.28 Å². The van der Waals surface area contributed by atoms with Crippen LogP contribution in [0.1, 0.15) is 34.1 Å². The minimum absolute atomic E-state index is 0.634. The minimum Gasteiger partial charge on any atom is -0.116 e. The summed E-state index contributed by atoms with van der Waals surface area (Å²) in [4.78, 5) is 0. The zero-order valence-electron chi connectivity index (χ0n) is 9.72. The summed E-state index contributed by atoms with van der Waals surface area (Å²) in [5.41, 5.74) is 2.67. The van der Waals surface area contributed by atoms with Gasteiger partial charge in [-0.3, -0.25) is 0 Å². The molecule has 0 amide bonds. The van der Waals surface area contributed by atoms with E-state index in [0.29, 0.717) is 11.8 Å². The quantitative estimate of drug-likeness (QED) is 0.441. The standard InChI is InChI=1S/C12H22B/c1-9(2)12(10(3)4)8-7-11(5)13-6/h7,10,12H,1,8H2,2-6H3/b11-7+. The maximum absolute atomic E-state index is 4.04. The summed E-state index contributed by atoms with van der Waals surface area (Å²) in [5, 5.41) is 0. The van der Waals surface area contributed by atoms with Gasteiger partial charge in [0.25, 0.3) is 0 Å². The van der Waals surface area contributed by atoms with Crippen LogP contribution in [0, 0.1) is 11.8 Å². The summed E-state index contributed by atoms with van der Waals surface area (Å²) in [7, 11) is 2.15. The molecule has 0 saturated carbocycles. The van der Waals surface area contributed by atoms with E-state index in [-0.39, 0.29) is 0 Å². The van der Waals surface area contributed by atoms with Crippen LogP contribution in [0.2, 0.25) is 6.82 Å². The molecule has 0 aliphatic carbocycles. The molecule has 1 atom stereocenters. The fourth-order valence-electron chi connectivity index (χ4n) is 1.47. The van der Waals surface area contributed by atoms with E-state index in [1.807, 2.05) is 0 Å². The number of hydrogen-bond acceptors (Lipinski definition) is 0. The third-order valence-electron chi connectivity index (χ3n) is 2.59. The molecule has 73 valence electrons. The van der Waals surface area contributed by atoms with Crippen molar-refractivity contribution >= 4 is 7.28 Å². The van der Waals surface area contributed by atoms with Crippen molar-refractivity contribution in [2.45, 2.75) is 40.9 Å². The van der Waals surface area contributed by atoms with Crippen LogP contribution in [0.25, 0.3) is 0 Å². The van der Waals surface area contributed by atoms with Crippen LogP contribution in [-0.4, -0.2) is 7.28 Å². The topological polar surface area (TPSA) is 0 Å². The lowest BCUT2D eigenvalue weighted by Gasteiger charge is -2.19. The Morgan fingerprint density at radius 3 is 2.23 bits per heavy atom. The first-order valence-corrected chi connectivity index (χ1v) is 5.10. The van der Waals surface area contributed by atoms with E-state index in [0.717, 1.165) is 6.42 Å². The predicted octanol–water partition coefficient (Wildman–Crippen LogP) is 3.88. The Morgan fingerprint density at radius 1 is 1.38 bits per heavy atom. The van der Waals surface area contributed by atoms with E-state index in [4.69, 9.17) is 0 Å². The molecular formula is C12H22B. The fourth-order valence-corrected chi connectivity index (χ4v) is 1.47. The Labute approximate surface area is 84.4 Å². The van der Waals surface area contributed by atoms with Crippen LogP contribution in [-0.2, 0) is 0 Å². The second-order valence-electron chi connectivity index (χ2n) is 4.17. The first-order valence-electron chi connectivity index (χ1n) is 5.10. The fraction of sp³-hybridized carbons (Fsp3) is 0.667. The lowest BCUT2D eigenvalue weighted by Crippen LogP contribution is -2.08. The van der Waals surface area contributed by atoms with Gasteiger partial charge in [-0.05, 0) is 25.2 Å². The van der Waals surface area contributed by atoms with Gasteiger partial charge >= 0.3 is 0 Å². The Kier molecular flexibility index (Phi) is 5.86. The van der Waals surface area contributed by atoms with Gasteiger partial charge in [-0.2, -0.15) is 0 Å². The van der Waals surface area contributed by atoms with Crippen LogP contribution in [0.15, 0.2) is 23.7 Å². The van der Waals surface area contributed by atoms with Gasteiger partial charge in [0.05, 0.1) is 0 Å². The highest BCUT2D eigenvalue weighted by atomic mass is 14.2. The molecule has 0 N–H and O–H groups in total. The van der Waals surface area contributed by atoms with Crippen LogP contribution in [0.4, 0.5) is 0 Å². The molecule has 0 heterocycles. The molecule has 0 bridgehead atoms. The van der Waals surface area contributed by atoms with Gasteiger partial charge in [0.2, 0.25) is 0 Å². The molecule has 0 aliphatic rings. The molecule has 13 heavy (non-hydrogen) atoms. The second-order valence-corrected chi connectivity index (χ2v) is 4.17. The molecule has 0 aliphatic heterocycles. The summed E-state index contributed by atoms with van der Waals surface area (Å²) in [6, 6.07) is 0. The lowest BCUT2D eigenvalue weighted by molar-refractivity contribution is 0.448. The Hall–Kier alpha value is -0.455. The van der Waals surface area contributed by atoms with Crippen LogP contribution < -0.4 is 0 Å². The molecule has 0 spiro atoms. The largest absolute Gasteiger partial charge is 0.141 e. The molecule has 0 saturated heterocycles. The molecule has 0 aromatic carbocycles. The minimum atomic E-state index is 0.634. The molecule has 1 unspecified atom stereocenters. The maximum atomic E-state index is 4.04. The monoisotopic (exact) mass is 177 g/mol. The van der Waals surface area contributed by atoms with Gasteiger partial charge < -0.3 is 0 Å². The third-order valence-corrected chi connectivity index (χ3v) is 2.59. The van der Waals surface area contributed by atoms with E-state index < -0.39 is 0 Å². The highest BCUT2D eigenvalue weighted by Gasteiger charge is 2.11. The first kappa shape index (κ1) is 12.5. The SMILES string of the molecule is C=C(C)C(C/C=C(\C)[B]C)C(C)C. The second kappa shape index (κ2) is 6.07. The van der Waals surface area contributed by atoms with Gasteiger partial charge in [-0.15, -0.1) is 5.47 Å². The third kappa shape index (κ3) is 4.97. The molecule has 0 aromatic rings. The zero-order chi connectivity index (χ0) is 10.4. The summed E-state index contributed by atoms with van der Waals surface area (Å²) in [5.74, 6) is 1.33. The Morgan fingerprint density at radius 2 is 1.92 bits per heavy atom. The van der Waals surface area contributed by atoms with E-state index in [9.17, 15) is 0 Å². The van der Waals surface area contributed by atoms with E-state index in [1.54, 1.807) is 0 Å². The van der Waals surface area contributed by atoms with Crippen LogP contribution >= 0.6 is 0 Å². The average Bonchev–Trinajstić information content (AvgIpc) is 2.03. The number of hydrogen-bond donors (Lipinski definition) is 0. The highest BCUT2D eigenvalue weighted by molar-refractivity contribution is 6.43. The number of rotatable bonds is 5.